The van der Waals surface area contributed by atoms with E-state index < -0.39 is 54.0 Å². The molecule has 3 aliphatic rings. The standard InChI is InChI=1S/C31H28ClF5N6O3S/c1-13(44)18-11-45-26-22-25(24(37)21(23(26)32)15-3-4-17(34)27-20(15)16(8-38)28(39)47-27)40-30(41-29(22)43(18)10-19(35)36)46-12-31-5-2-6-42(31)9-14(33)7-31/h3-4,13-14,18-19,44H,2,5-7,9-12,39H2,1H3/t13?,14-,18?,31+/m1/s1. The molecule has 0 amide bonds. The molecule has 2 unspecified atom stereocenters. The number of rotatable bonds is 7. The quantitative estimate of drug-likeness (QED) is 0.222. The summed E-state index contributed by atoms with van der Waals surface area (Å²) in [5.41, 5.74) is 4.65. The molecule has 2 aromatic heterocycles. The van der Waals surface area contributed by atoms with E-state index in [1.165, 1.54) is 13.0 Å². The lowest BCUT2D eigenvalue weighted by Crippen LogP contribution is -2.48. The predicted octanol–water partition coefficient (Wildman–Crippen LogP) is 6.07. The fourth-order valence-corrected chi connectivity index (χ4v) is 8.50. The van der Waals surface area contributed by atoms with Gasteiger partial charge in [-0.25, -0.2) is 22.0 Å². The van der Waals surface area contributed by atoms with E-state index in [1.54, 1.807) is 0 Å². The summed E-state index contributed by atoms with van der Waals surface area (Å²) in [7, 11) is 0. The second kappa shape index (κ2) is 11.8. The number of halogens is 6. The van der Waals surface area contributed by atoms with Crippen molar-refractivity contribution in [2.45, 2.75) is 56.5 Å². The molecule has 4 aromatic rings. The number of hydrogen-bond acceptors (Lipinski definition) is 10. The Morgan fingerprint density at radius 2 is 2.09 bits per heavy atom. The van der Waals surface area contributed by atoms with Gasteiger partial charge < -0.3 is 25.2 Å². The van der Waals surface area contributed by atoms with Gasteiger partial charge in [-0.15, -0.1) is 11.3 Å². The van der Waals surface area contributed by atoms with Gasteiger partial charge in [0.25, 0.3) is 6.43 Å². The van der Waals surface area contributed by atoms with Crippen molar-refractivity contribution in [3.63, 3.8) is 0 Å². The first-order valence-corrected chi connectivity index (χ1v) is 16.1. The van der Waals surface area contributed by atoms with Gasteiger partial charge >= 0.3 is 6.01 Å². The molecule has 5 heterocycles. The predicted molar refractivity (Wildman–Crippen MR) is 167 cm³/mol. The van der Waals surface area contributed by atoms with E-state index in [1.807, 2.05) is 11.0 Å². The number of hydrogen-bond donors (Lipinski definition) is 2. The van der Waals surface area contributed by atoms with Crippen LogP contribution < -0.4 is 20.1 Å². The maximum absolute atomic E-state index is 17.0. The Morgan fingerprint density at radius 1 is 1.30 bits per heavy atom. The molecule has 3 N–H and O–H groups in total. The number of aliphatic hydroxyl groups is 1. The third-order valence-corrected chi connectivity index (χ3v) is 10.7. The van der Waals surface area contributed by atoms with Gasteiger partial charge in [0.1, 0.15) is 47.6 Å². The molecule has 47 heavy (non-hydrogen) atoms. The number of thiophene rings is 1. The number of aromatic nitrogens is 2. The highest BCUT2D eigenvalue weighted by Crippen LogP contribution is 2.51. The van der Waals surface area contributed by atoms with E-state index in [0.717, 1.165) is 28.7 Å². The summed E-state index contributed by atoms with van der Waals surface area (Å²) < 4.78 is 86.5. The van der Waals surface area contributed by atoms with E-state index >= 15 is 4.39 Å². The number of nitrogens with zero attached hydrogens (tertiary/aromatic N) is 5. The number of benzene rings is 2. The maximum Gasteiger partial charge on any atom is 0.319 e. The van der Waals surface area contributed by atoms with Crippen LogP contribution in [0.2, 0.25) is 5.02 Å². The van der Waals surface area contributed by atoms with E-state index in [9.17, 15) is 27.9 Å². The van der Waals surface area contributed by atoms with Gasteiger partial charge in [-0.05, 0) is 37.9 Å². The maximum atomic E-state index is 17.0. The molecule has 0 saturated carbocycles. The zero-order valence-corrected chi connectivity index (χ0v) is 26.4. The number of nitrogen functional groups attached to an aromatic ring is 1. The Hall–Kier alpha value is -3.71. The summed E-state index contributed by atoms with van der Waals surface area (Å²) in [6.07, 6.45) is -3.43. The summed E-state index contributed by atoms with van der Waals surface area (Å²) >= 11 is 7.68. The van der Waals surface area contributed by atoms with Gasteiger partial charge in [0, 0.05) is 23.9 Å². The molecule has 2 fully saturated rings. The van der Waals surface area contributed by atoms with Crippen molar-refractivity contribution >= 4 is 54.7 Å². The highest BCUT2D eigenvalue weighted by Gasteiger charge is 2.49. The number of anilines is 2. The molecule has 16 heteroatoms. The van der Waals surface area contributed by atoms with Crippen LogP contribution >= 0.6 is 22.9 Å². The van der Waals surface area contributed by atoms with Crippen LogP contribution in [0.15, 0.2) is 12.1 Å². The molecule has 0 radical (unpaired) electrons. The van der Waals surface area contributed by atoms with Gasteiger partial charge in [-0.2, -0.15) is 15.2 Å². The molecule has 3 aliphatic heterocycles. The molecule has 248 valence electrons. The van der Waals surface area contributed by atoms with Crippen LogP contribution in [0.25, 0.3) is 32.1 Å². The average Bonchev–Trinajstić information content (AvgIpc) is 3.63. The number of ether oxygens (including phenoxy) is 2. The molecule has 9 nitrogen and oxygen atoms in total. The van der Waals surface area contributed by atoms with Crippen molar-refractivity contribution in [2.24, 2.45) is 0 Å². The normalized spacial score (nSPS) is 23.3. The summed E-state index contributed by atoms with van der Waals surface area (Å²) in [4.78, 5) is 11.9. The highest BCUT2D eigenvalue weighted by atomic mass is 35.5. The number of alkyl halides is 3. The third-order valence-electron chi connectivity index (χ3n) is 9.34. The minimum atomic E-state index is -2.89. The Morgan fingerprint density at radius 3 is 2.81 bits per heavy atom. The third kappa shape index (κ3) is 5.08. The zero-order valence-electron chi connectivity index (χ0n) is 24.9. The lowest BCUT2D eigenvalue weighted by molar-refractivity contribution is 0.105. The molecule has 0 bridgehead atoms. The van der Waals surface area contributed by atoms with Gasteiger partial charge in [-0.3, -0.25) is 4.90 Å². The van der Waals surface area contributed by atoms with Crippen LogP contribution in [0, 0.1) is 23.0 Å². The first kappa shape index (κ1) is 31.9. The zero-order chi connectivity index (χ0) is 33.4. The second-order valence-electron chi connectivity index (χ2n) is 12.2. The SMILES string of the molecule is CC(O)C1COc2c(Cl)c(-c3ccc(F)c4sc(N)c(C#N)c34)c(F)c3nc(OC[C@@]45CCCN4C[C@H](F)C5)nc(c23)N1CC(F)F. The fraction of sp³-hybridized carbons (Fsp3) is 0.452. The van der Waals surface area contributed by atoms with E-state index in [-0.39, 0.29) is 85.9 Å². The first-order valence-electron chi connectivity index (χ1n) is 14.9. The Kier molecular flexibility index (Phi) is 7.98. The van der Waals surface area contributed by atoms with Crippen LogP contribution in [0.1, 0.15) is 31.7 Å². The van der Waals surface area contributed by atoms with Crippen molar-refractivity contribution in [1.29, 1.82) is 5.26 Å². The van der Waals surface area contributed by atoms with Crippen molar-refractivity contribution in [3.8, 4) is 29.0 Å². The van der Waals surface area contributed by atoms with E-state index in [0.29, 0.717) is 13.0 Å². The van der Waals surface area contributed by atoms with Crippen LogP contribution in [0.5, 0.6) is 11.8 Å². The van der Waals surface area contributed by atoms with Crippen molar-refractivity contribution < 1.29 is 36.5 Å². The Labute approximate surface area is 274 Å². The van der Waals surface area contributed by atoms with E-state index in [4.69, 9.17) is 26.8 Å². The number of nitrogens with two attached hydrogens (primary N) is 1. The summed E-state index contributed by atoms with van der Waals surface area (Å²) in [6, 6.07) is 2.86. The fourth-order valence-electron chi connectivity index (χ4n) is 7.22. The molecule has 7 rings (SSSR count). The topological polar surface area (TPSA) is 121 Å². The average molecular weight is 695 g/mol. The number of nitriles is 1. The van der Waals surface area contributed by atoms with Gasteiger partial charge in [-0.1, -0.05) is 17.7 Å². The molecule has 0 aliphatic carbocycles. The summed E-state index contributed by atoms with van der Waals surface area (Å²) in [5, 5.41) is 20.1. The first-order chi connectivity index (χ1) is 22.4. The van der Waals surface area contributed by atoms with Crippen LogP contribution in [0.4, 0.5) is 32.8 Å². The second-order valence-corrected chi connectivity index (χ2v) is 13.6. The van der Waals surface area contributed by atoms with Crippen LogP contribution in [-0.4, -0.2) is 83.1 Å². The number of aliphatic hydroxyl groups excluding tert-OH is 1. The lowest BCUT2D eigenvalue weighted by atomic mass is 9.95. The molecule has 4 atom stereocenters. The molecule has 2 saturated heterocycles. The van der Waals surface area contributed by atoms with Gasteiger partial charge in [0.15, 0.2) is 11.6 Å². The minimum absolute atomic E-state index is 0.00619. The van der Waals surface area contributed by atoms with Crippen molar-refractivity contribution in [2.75, 3.05) is 43.5 Å². The summed E-state index contributed by atoms with van der Waals surface area (Å²) in [5.74, 6) is -2.07. The van der Waals surface area contributed by atoms with Crippen molar-refractivity contribution in [3.05, 3.63) is 34.4 Å². The lowest BCUT2D eigenvalue weighted by Gasteiger charge is -2.33. The molecular weight excluding hydrogens is 667 g/mol. The van der Waals surface area contributed by atoms with Gasteiger partial charge in [0.05, 0.1) is 44.9 Å². The monoisotopic (exact) mass is 694 g/mol. The Balaban J connectivity index is 1.48. The molecule has 2 aromatic carbocycles. The molecular formula is C31H28ClF5N6O3S. The number of fused-ring (bicyclic) bond motifs is 2. The van der Waals surface area contributed by atoms with E-state index in [2.05, 4.69) is 9.97 Å². The summed E-state index contributed by atoms with van der Waals surface area (Å²) in [6.45, 7) is 1.06. The minimum Gasteiger partial charge on any atom is -0.489 e. The van der Waals surface area contributed by atoms with Gasteiger partial charge in [0.2, 0.25) is 0 Å². The van der Waals surface area contributed by atoms with Crippen molar-refractivity contribution in [1.82, 2.24) is 14.9 Å². The Bertz CT molecular complexity index is 1960. The van der Waals surface area contributed by atoms with Crippen LogP contribution in [0.3, 0.4) is 0 Å². The molecule has 0 spiro atoms. The highest BCUT2D eigenvalue weighted by molar-refractivity contribution is 7.23. The smallest absolute Gasteiger partial charge is 0.319 e. The van der Waals surface area contributed by atoms with Crippen LogP contribution in [-0.2, 0) is 0 Å². The largest absolute Gasteiger partial charge is 0.489 e.